The Labute approximate surface area is 135 Å². The smallest absolute Gasteiger partial charge is 0.223 e. The molecule has 0 aromatic rings. The maximum Gasteiger partial charge on any atom is 0.223 e. The van der Waals surface area contributed by atoms with Gasteiger partial charge in [0.2, 0.25) is 5.91 Å². The number of piperidine rings is 1. The lowest BCUT2D eigenvalue weighted by Crippen LogP contribution is -2.43. The summed E-state index contributed by atoms with van der Waals surface area (Å²) >= 11 is 0. The molecule has 3 unspecified atom stereocenters. The molecule has 0 aromatic carbocycles. The van der Waals surface area contributed by atoms with Crippen LogP contribution < -0.4 is 5.32 Å². The summed E-state index contributed by atoms with van der Waals surface area (Å²) < 4.78 is 0. The lowest BCUT2D eigenvalue weighted by atomic mass is 9.78. The standard InChI is InChI=1S/C17H30N2O.ClH/c1-13(15-7-3-9-18-12-15)11-17(20)19-10-4-8-16(19)14-5-2-6-14;/h13-16,18H,2-12H2,1H3;1H. The van der Waals surface area contributed by atoms with Crippen molar-refractivity contribution < 1.29 is 4.79 Å². The van der Waals surface area contributed by atoms with E-state index in [0.717, 1.165) is 32.0 Å². The van der Waals surface area contributed by atoms with Crippen LogP contribution in [-0.2, 0) is 4.79 Å². The van der Waals surface area contributed by atoms with Gasteiger partial charge in [0.1, 0.15) is 0 Å². The first-order chi connectivity index (χ1) is 9.75. The molecule has 0 aromatic heterocycles. The van der Waals surface area contributed by atoms with Crippen LogP contribution in [0.3, 0.4) is 0 Å². The van der Waals surface area contributed by atoms with Crippen molar-refractivity contribution in [2.75, 3.05) is 19.6 Å². The van der Waals surface area contributed by atoms with E-state index in [9.17, 15) is 4.79 Å². The molecule has 21 heavy (non-hydrogen) atoms. The number of hydrogen-bond donors (Lipinski definition) is 1. The second-order valence-corrected chi connectivity index (χ2v) is 7.28. The van der Waals surface area contributed by atoms with E-state index in [1.807, 2.05) is 0 Å². The Kier molecular flexibility index (Phi) is 6.36. The number of nitrogens with one attached hydrogen (secondary N) is 1. The molecule has 2 aliphatic heterocycles. The van der Waals surface area contributed by atoms with E-state index < -0.39 is 0 Å². The first-order valence-electron chi connectivity index (χ1n) is 8.76. The summed E-state index contributed by atoms with van der Waals surface area (Å²) in [5, 5.41) is 3.48. The number of hydrogen-bond acceptors (Lipinski definition) is 2. The Morgan fingerprint density at radius 2 is 2.00 bits per heavy atom. The summed E-state index contributed by atoms with van der Waals surface area (Å²) in [6.45, 7) is 5.58. The minimum Gasteiger partial charge on any atom is -0.339 e. The van der Waals surface area contributed by atoms with Gasteiger partial charge in [0, 0.05) is 19.0 Å². The Morgan fingerprint density at radius 3 is 2.62 bits per heavy atom. The summed E-state index contributed by atoms with van der Waals surface area (Å²) in [5.74, 6) is 2.51. The van der Waals surface area contributed by atoms with E-state index in [0.29, 0.717) is 23.8 Å². The van der Waals surface area contributed by atoms with Crippen molar-refractivity contribution in [3.8, 4) is 0 Å². The van der Waals surface area contributed by atoms with Crippen molar-refractivity contribution >= 4 is 18.3 Å². The zero-order valence-electron chi connectivity index (χ0n) is 13.4. The molecule has 0 bridgehead atoms. The van der Waals surface area contributed by atoms with Crippen LogP contribution in [-0.4, -0.2) is 36.5 Å². The fourth-order valence-corrected chi connectivity index (χ4v) is 4.34. The van der Waals surface area contributed by atoms with Gasteiger partial charge in [-0.05, 0) is 69.4 Å². The van der Waals surface area contributed by atoms with E-state index in [4.69, 9.17) is 0 Å². The van der Waals surface area contributed by atoms with Crippen LogP contribution in [0.1, 0.15) is 58.3 Å². The van der Waals surface area contributed by atoms with Gasteiger partial charge in [0.05, 0.1) is 0 Å². The van der Waals surface area contributed by atoms with E-state index in [-0.39, 0.29) is 12.4 Å². The average molecular weight is 315 g/mol. The zero-order valence-corrected chi connectivity index (χ0v) is 14.2. The molecule has 1 aliphatic carbocycles. The molecule has 1 saturated carbocycles. The molecule has 0 radical (unpaired) electrons. The average Bonchev–Trinajstić information content (AvgIpc) is 2.86. The normalized spacial score (nSPS) is 31.4. The quantitative estimate of drug-likeness (QED) is 0.864. The van der Waals surface area contributed by atoms with Crippen LogP contribution >= 0.6 is 12.4 Å². The number of halogens is 1. The Balaban J connectivity index is 0.00000161. The number of carbonyl (C=O) groups is 1. The third-order valence-corrected chi connectivity index (χ3v) is 5.95. The third kappa shape index (κ3) is 3.92. The van der Waals surface area contributed by atoms with Crippen molar-refractivity contribution in [2.24, 2.45) is 17.8 Å². The number of amides is 1. The summed E-state index contributed by atoms with van der Waals surface area (Å²) in [5.41, 5.74) is 0. The van der Waals surface area contributed by atoms with Gasteiger partial charge < -0.3 is 10.2 Å². The highest BCUT2D eigenvalue weighted by molar-refractivity contribution is 5.85. The molecule has 1 N–H and O–H groups in total. The van der Waals surface area contributed by atoms with Crippen LogP contribution in [0.2, 0.25) is 0 Å². The number of nitrogens with zero attached hydrogens (tertiary/aromatic N) is 1. The van der Waals surface area contributed by atoms with Gasteiger partial charge in [-0.25, -0.2) is 0 Å². The van der Waals surface area contributed by atoms with Crippen LogP contribution in [0.5, 0.6) is 0 Å². The van der Waals surface area contributed by atoms with Crippen LogP contribution in [0.4, 0.5) is 0 Å². The molecule has 3 aliphatic rings. The molecule has 4 heteroatoms. The molecule has 3 nitrogen and oxygen atoms in total. The van der Waals surface area contributed by atoms with Crippen LogP contribution in [0, 0.1) is 17.8 Å². The highest BCUT2D eigenvalue weighted by atomic mass is 35.5. The predicted molar refractivity (Wildman–Crippen MR) is 88.7 cm³/mol. The van der Waals surface area contributed by atoms with Crippen molar-refractivity contribution in [3.63, 3.8) is 0 Å². The van der Waals surface area contributed by atoms with Crippen molar-refractivity contribution in [3.05, 3.63) is 0 Å². The van der Waals surface area contributed by atoms with Gasteiger partial charge in [0.15, 0.2) is 0 Å². The van der Waals surface area contributed by atoms with Crippen molar-refractivity contribution in [2.45, 2.75) is 64.3 Å². The molecular formula is C17H31ClN2O. The van der Waals surface area contributed by atoms with Crippen molar-refractivity contribution in [1.29, 1.82) is 0 Å². The Hall–Kier alpha value is -0.280. The Bertz CT molecular complexity index is 340. The van der Waals surface area contributed by atoms with Gasteiger partial charge in [-0.3, -0.25) is 4.79 Å². The minimum absolute atomic E-state index is 0. The van der Waals surface area contributed by atoms with Crippen molar-refractivity contribution in [1.82, 2.24) is 10.2 Å². The van der Waals surface area contributed by atoms with E-state index in [1.54, 1.807) is 0 Å². The monoisotopic (exact) mass is 314 g/mol. The second kappa shape index (κ2) is 7.82. The fraction of sp³-hybridized carbons (Fsp3) is 0.941. The van der Waals surface area contributed by atoms with Crippen LogP contribution in [0.15, 0.2) is 0 Å². The molecule has 3 fully saturated rings. The molecular weight excluding hydrogens is 284 g/mol. The van der Waals surface area contributed by atoms with Gasteiger partial charge in [-0.1, -0.05) is 13.3 Å². The summed E-state index contributed by atoms with van der Waals surface area (Å²) in [7, 11) is 0. The first-order valence-corrected chi connectivity index (χ1v) is 8.76. The van der Waals surface area contributed by atoms with Gasteiger partial charge >= 0.3 is 0 Å². The largest absolute Gasteiger partial charge is 0.339 e. The summed E-state index contributed by atoms with van der Waals surface area (Å²) in [4.78, 5) is 14.9. The van der Waals surface area contributed by atoms with E-state index in [2.05, 4.69) is 17.1 Å². The molecule has 122 valence electrons. The van der Waals surface area contributed by atoms with E-state index in [1.165, 1.54) is 44.9 Å². The molecule has 1 amide bonds. The lowest BCUT2D eigenvalue weighted by molar-refractivity contribution is -0.134. The number of rotatable bonds is 4. The molecule has 3 rings (SSSR count). The number of carbonyl (C=O) groups excluding carboxylic acids is 1. The Morgan fingerprint density at radius 1 is 1.19 bits per heavy atom. The highest BCUT2D eigenvalue weighted by Crippen LogP contribution is 2.37. The minimum atomic E-state index is 0. The van der Waals surface area contributed by atoms with Gasteiger partial charge in [0.25, 0.3) is 0 Å². The SMILES string of the molecule is CC(CC(=O)N1CCCC1C1CCC1)C1CCCNC1.Cl. The predicted octanol–water partition coefficient (Wildman–Crippen LogP) is 3.23. The van der Waals surface area contributed by atoms with Crippen LogP contribution in [0.25, 0.3) is 0 Å². The zero-order chi connectivity index (χ0) is 13.9. The molecule has 2 heterocycles. The third-order valence-electron chi connectivity index (χ3n) is 5.95. The molecule has 3 atom stereocenters. The summed E-state index contributed by atoms with van der Waals surface area (Å²) in [6.07, 6.45) is 9.93. The fourth-order valence-electron chi connectivity index (χ4n) is 4.34. The second-order valence-electron chi connectivity index (χ2n) is 7.28. The highest BCUT2D eigenvalue weighted by Gasteiger charge is 2.37. The topological polar surface area (TPSA) is 32.3 Å². The molecule has 0 spiro atoms. The van der Waals surface area contributed by atoms with Gasteiger partial charge in [-0.2, -0.15) is 0 Å². The number of likely N-dealkylation sites (tertiary alicyclic amines) is 1. The lowest BCUT2D eigenvalue weighted by Gasteiger charge is -2.38. The summed E-state index contributed by atoms with van der Waals surface area (Å²) in [6, 6.07) is 0.591. The maximum atomic E-state index is 12.7. The van der Waals surface area contributed by atoms with E-state index >= 15 is 0 Å². The first kappa shape index (κ1) is 17.1. The maximum absolute atomic E-state index is 12.7. The van der Waals surface area contributed by atoms with Gasteiger partial charge in [-0.15, -0.1) is 12.4 Å². The molecule has 2 saturated heterocycles.